The summed E-state index contributed by atoms with van der Waals surface area (Å²) in [5, 5.41) is 12.1. The number of ether oxygens (including phenoxy) is 2. The van der Waals surface area contributed by atoms with E-state index in [-0.39, 0.29) is 5.57 Å². The molecule has 0 radical (unpaired) electrons. The third kappa shape index (κ3) is 5.49. The van der Waals surface area contributed by atoms with Gasteiger partial charge in [-0.25, -0.2) is 0 Å². The van der Waals surface area contributed by atoms with Crippen molar-refractivity contribution in [2.24, 2.45) is 0 Å². The van der Waals surface area contributed by atoms with E-state index in [0.29, 0.717) is 24.7 Å². The molecular weight excluding hydrogens is 443 g/mol. The molecule has 0 spiro atoms. The van der Waals surface area contributed by atoms with Crippen LogP contribution in [-0.2, 0) is 4.79 Å². The standard InChI is InChI=1S/C20H19IN2O3/c1-3-25-17-7-5-6-16(12-17)23-20(24)15(13-22)10-14-8-9-19(26-4-2)18(21)11-14/h5-12H,3-4H2,1-2H3,(H,23,24)/b15-10-. The number of carbonyl (C=O) groups is 1. The second-order valence-electron chi connectivity index (χ2n) is 5.21. The molecule has 0 unspecified atom stereocenters. The van der Waals surface area contributed by atoms with Gasteiger partial charge in [0.05, 0.1) is 16.8 Å². The fourth-order valence-corrected chi connectivity index (χ4v) is 2.92. The molecule has 1 amide bonds. The zero-order valence-electron chi connectivity index (χ0n) is 14.6. The first-order chi connectivity index (χ1) is 12.6. The lowest BCUT2D eigenvalue weighted by atomic mass is 10.1. The molecule has 2 aromatic carbocycles. The predicted octanol–water partition coefficient (Wildman–Crippen LogP) is 4.63. The third-order valence-corrected chi connectivity index (χ3v) is 4.18. The molecular formula is C20H19IN2O3. The predicted molar refractivity (Wildman–Crippen MR) is 110 cm³/mol. The molecule has 0 aliphatic carbocycles. The minimum Gasteiger partial charge on any atom is -0.494 e. The minimum atomic E-state index is -0.468. The smallest absolute Gasteiger partial charge is 0.266 e. The van der Waals surface area contributed by atoms with E-state index < -0.39 is 5.91 Å². The summed E-state index contributed by atoms with van der Waals surface area (Å²) in [6, 6.07) is 14.5. The average Bonchev–Trinajstić information content (AvgIpc) is 2.62. The molecule has 0 aromatic heterocycles. The van der Waals surface area contributed by atoms with Crippen molar-refractivity contribution in [1.29, 1.82) is 5.26 Å². The first-order valence-electron chi connectivity index (χ1n) is 8.15. The van der Waals surface area contributed by atoms with Crippen LogP contribution in [0.2, 0.25) is 0 Å². The minimum absolute atomic E-state index is 0.0202. The van der Waals surface area contributed by atoms with Gasteiger partial charge >= 0.3 is 0 Å². The number of rotatable bonds is 7. The highest BCUT2D eigenvalue weighted by Gasteiger charge is 2.11. The number of nitriles is 1. The van der Waals surface area contributed by atoms with E-state index in [1.54, 1.807) is 24.3 Å². The second kappa shape index (κ2) is 9.82. The molecule has 0 saturated heterocycles. The number of halogens is 1. The molecule has 5 nitrogen and oxygen atoms in total. The highest BCUT2D eigenvalue weighted by molar-refractivity contribution is 14.1. The molecule has 2 aromatic rings. The normalized spacial score (nSPS) is 10.8. The van der Waals surface area contributed by atoms with Crippen molar-refractivity contribution in [2.45, 2.75) is 13.8 Å². The first kappa shape index (κ1) is 19.8. The molecule has 0 aliphatic heterocycles. The molecule has 0 bridgehead atoms. The van der Waals surface area contributed by atoms with Gasteiger partial charge in [0.2, 0.25) is 0 Å². The molecule has 0 atom stereocenters. The van der Waals surface area contributed by atoms with Gasteiger partial charge < -0.3 is 14.8 Å². The van der Waals surface area contributed by atoms with Crippen LogP contribution in [0.15, 0.2) is 48.0 Å². The van der Waals surface area contributed by atoms with Crippen LogP contribution in [0.1, 0.15) is 19.4 Å². The van der Waals surface area contributed by atoms with Gasteiger partial charge in [-0.3, -0.25) is 4.79 Å². The van der Waals surface area contributed by atoms with Gasteiger partial charge in [-0.15, -0.1) is 0 Å². The van der Waals surface area contributed by atoms with E-state index in [9.17, 15) is 10.1 Å². The van der Waals surface area contributed by atoms with Crippen molar-refractivity contribution in [3.63, 3.8) is 0 Å². The number of nitrogens with zero attached hydrogens (tertiary/aromatic N) is 1. The number of hydrogen-bond acceptors (Lipinski definition) is 4. The van der Waals surface area contributed by atoms with E-state index in [2.05, 4.69) is 27.9 Å². The van der Waals surface area contributed by atoms with E-state index in [0.717, 1.165) is 14.9 Å². The van der Waals surface area contributed by atoms with E-state index in [1.165, 1.54) is 0 Å². The molecule has 1 N–H and O–H groups in total. The Labute approximate surface area is 166 Å². The van der Waals surface area contributed by atoms with E-state index in [1.807, 2.05) is 44.2 Å². The number of carbonyl (C=O) groups excluding carboxylic acids is 1. The summed E-state index contributed by atoms with van der Waals surface area (Å²) in [6.45, 7) is 4.93. The van der Waals surface area contributed by atoms with Crippen LogP contribution in [0.25, 0.3) is 6.08 Å². The van der Waals surface area contributed by atoms with Crippen molar-refractivity contribution < 1.29 is 14.3 Å². The SMILES string of the molecule is CCOc1cccc(NC(=O)/C(C#N)=C\c2ccc(OCC)c(I)c2)c1. The average molecular weight is 462 g/mol. The molecule has 134 valence electrons. The van der Waals surface area contributed by atoms with Crippen molar-refractivity contribution in [1.82, 2.24) is 0 Å². The molecule has 2 rings (SSSR count). The highest BCUT2D eigenvalue weighted by Crippen LogP contribution is 2.24. The maximum atomic E-state index is 12.4. The van der Waals surface area contributed by atoms with E-state index >= 15 is 0 Å². The maximum Gasteiger partial charge on any atom is 0.266 e. The summed E-state index contributed by atoms with van der Waals surface area (Å²) in [7, 11) is 0. The van der Waals surface area contributed by atoms with Crippen molar-refractivity contribution in [3.05, 3.63) is 57.2 Å². The lowest BCUT2D eigenvalue weighted by Crippen LogP contribution is -2.13. The van der Waals surface area contributed by atoms with Crippen LogP contribution in [0.5, 0.6) is 11.5 Å². The summed E-state index contributed by atoms with van der Waals surface area (Å²) < 4.78 is 11.8. The molecule has 0 fully saturated rings. The fourth-order valence-electron chi connectivity index (χ4n) is 2.22. The van der Waals surface area contributed by atoms with Crippen molar-refractivity contribution in [2.75, 3.05) is 18.5 Å². The maximum absolute atomic E-state index is 12.4. The number of hydrogen-bond donors (Lipinski definition) is 1. The zero-order chi connectivity index (χ0) is 18.9. The van der Waals surface area contributed by atoms with Crippen molar-refractivity contribution in [3.8, 4) is 17.6 Å². The van der Waals surface area contributed by atoms with Gasteiger partial charge in [0.25, 0.3) is 5.91 Å². The van der Waals surface area contributed by atoms with Crippen LogP contribution < -0.4 is 14.8 Å². The molecule has 0 heterocycles. The summed E-state index contributed by atoms with van der Waals surface area (Å²) in [6.07, 6.45) is 1.56. The molecule has 0 saturated carbocycles. The van der Waals surface area contributed by atoms with E-state index in [4.69, 9.17) is 9.47 Å². The van der Waals surface area contributed by atoms with Crippen LogP contribution in [0.3, 0.4) is 0 Å². The zero-order valence-corrected chi connectivity index (χ0v) is 16.7. The second-order valence-corrected chi connectivity index (χ2v) is 6.37. The molecule has 0 aliphatic rings. The van der Waals surface area contributed by atoms with Gasteiger partial charge in [-0.2, -0.15) is 5.26 Å². The Morgan fingerprint density at radius 3 is 2.62 bits per heavy atom. The van der Waals surface area contributed by atoms with Gasteiger partial charge in [0.15, 0.2) is 0 Å². The van der Waals surface area contributed by atoms with Gasteiger partial charge in [0, 0.05) is 11.8 Å². The Bertz CT molecular complexity index is 856. The summed E-state index contributed by atoms with van der Waals surface area (Å²) in [5.74, 6) is 0.972. The summed E-state index contributed by atoms with van der Waals surface area (Å²) >= 11 is 2.16. The lowest BCUT2D eigenvalue weighted by Gasteiger charge is -2.08. The Morgan fingerprint density at radius 2 is 1.96 bits per heavy atom. The Morgan fingerprint density at radius 1 is 1.19 bits per heavy atom. The van der Waals surface area contributed by atoms with Gasteiger partial charge in [-0.05, 0) is 72.3 Å². The number of anilines is 1. The molecule has 6 heteroatoms. The van der Waals surface area contributed by atoms with Crippen LogP contribution in [-0.4, -0.2) is 19.1 Å². The van der Waals surface area contributed by atoms with Crippen LogP contribution >= 0.6 is 22.6 Å². The Balaban J connectivity index is 2.18. The summed E-state index contributed by atoms with van der Waals surface area (Å²) in [4.78, 5) is 12.4. The molecule has 26 heavy (non-hydrogen) atoms. The van der Waals surface area contributed by atoms with Crippen molar-refractivity contribution >= 4 is 40.3 Å². The number of nitrogens with one attached hydrogen (secondary N) is 1. The highest BCUT2D eigenvalue weighted by atomic mass is 127. The summed E-state index contributed by atoms with van der Waals surface area (Å²) in [5.41, 5.74) is 1.35. The Kier molecular flexibility index (Phi) is 7.48. The fraction of sp³-hybridized carbons (Fsp3) is 0.200. The lowest BCUT2D eigenvalue weighted by molar-refractivity contribution is -0.112. The van der Waals surface area contributed by atoms with Gasteiger partial charge in [0.1, 0.15) is 23.1 Å². The third-order valence-electron chi connectivity index (χ3n) is 3.33. The quantitative estimate of drug-likeness (QED) is 0.370. The van der Waals surface area contributed by atoms with Gasteiger partial charge in [-0.1, -0.05) is 12.1 Å². The Hall–Kier alpha value is -2.53. The van der Waals surface area contributed by atoms with Crippen LogP contribution in [0.4, 0.5) is 5.69 Å². The monoisotopic (exact) mass is 462 g/mol. The largest absolute Gasteiger partial charge is 0.494 e. The number of benzene rings is 2. The topological polar surface area (TPSA) is 71.3 Å². The van der Waals surface area contributed by atoms with Crippen LogP contribution in [0, 0.1) is 14.9 Å². The first-order valence-corrected chi connectivity index (χ1v) is 9.23. The number of amides is 1.